The number of ether oxygens (including phenoxy) is 1. The summed E-state index contributed by atoms with van der Waals surface area (Å²) in [5, 5.41) is 9.05. The predicted molar refractivity (Wildman–Crippen MR) is 58.8 cm³/mol. The van der Waals surface area contributed by atoms with Gasteiger partial charge in [-0.25, -0.2) is 4.79 Å². The number of benzene rings is 1. The maximum absolute atomic E-state index is 12.6. The van der Waals surface area contributed by atoms with E-state index in [0.29, 0.717) is 6.07 Å². The number of phenols is 1. The third-order valence-corrected chi connectivity index (χ3v) is 2.03. The first-order valence-electron chi connectivity index (χ1n) is 5.09. The molecule has 1 rings (SSSR count). The second-order valence-electron chi connectivity index (χ2n) is 3.35. The highest BCUT2D eigenvalue weighted by atomic mass is 19.4. The predicted octanol–water partition coefficient (Wildman–Crippen LogP) is 2.99. The summed E-state index contributed by atoms with van der Waals surface area (Å²) in [5.41, 5.74) is -1.23. The molecule has 0 aliphatic carbocycles. The Morgan fingerprint density at radius 2 is 2.11 bits per heavy atom. The first kappa shape index (κ1) is 14.1. The second-order valence-corrected chi connectivity index (χ2v) is 3.35. The van der Waals surface area contributed by atoms with Crippen LogP contribution in [0.5, 0.6) is 5.75 Å². The summed E-state index contributed by atoms with van der Waals surface area (Å²) < 4.78 is 42.5. The number of phenolic OH excluding ortho intramolecular Hbond substituents is 1. The average molecular weight is 260 g/mol. The fourth-order valence-corrected chi connectivity index (χ4v) is 1.28. The maximum atomic E-state index is 12.6. The Bertz CT molecular complexity index is 464. The molecule has 1 aromatic carbocycles. The van der Waals surface area contributed by atoms with E-state index in [1.54, 1.807) is 6.92 Å². The van der Waals surface area contributed by atoms with E-state index >= 15 is 0 Å². The van der Waals surface area contributed by atoms with Crippen molar-refractivity contribution >= 4 is 12.0 Å². The molecule has 0 saturated carbocycles. The van der Waals surface area contributed by atoms with Crippen LogP contribution in [-0.2, 0) is 15.7 Å². The molecule has 1 aromatic rings. The van der Waals surface area contributed by atoms with Crippen molar-refractivity contribution in [3.63, 3.8) is 0 Å². The third kappa shape index (κ3) is 3.80. The molecule has 0 bridgehead atoms. The summed E-state index contributed by atoms with van der Waals surface area (Å²) in [6.45, 7) is 1.73. The zero-order chi connectivity index (χ0) is 13.8. The minimum absolute atomic E-state index is 0.144. The van der Waals surface area contributed by atoms with Gasteiger partial charge in [0, 0.05) is 6.08 Å². The van der Waals surface area contributed by atoms with Crippen LogP contribution in [0.2, 0.25) is 0 Å². The number of esters is 1. The number of carbonyl (C=O) groups is 1. The summed E-state index contributed by atoms with van der Waals surface area (Å²) in [4.78, 5) is 11.0. The van der Waals surface area contributed by atoms with Crippen molar-refractivity contribution in [1.82, 2.24) is 0 Å². The summed E-state index contributed by atoms with van der Waals surface area (Å²) >= 11 is 0. The average Bonchev–Trinajstić information content (AvgIpc) is 2.26. The van der Waals surface area contributed by atoms with Crippen LogP contribution in [0.3, 0.4) is 0 Å². The van der Waals surface area contributed by atoms with Crippen molar-refractivity contribution in [1.29, 1.82) is 0 Å². The summed E-state index contributed by atoms with van der Waals surface area (Å²) in [6.07, 6.45) is -2.70. The van der Waals surface area contributed by atoms with Gasteiger partial charge in [0.05, 0.1) is 12.2 Å². The number of halogens is 3. The highest BCUT2D eigenvalue weighted by Gasteiger charge is 2.33. The molecule has 0 fully saturated rings. The van der Waals surface area contributed by atoms with E-state index in [2.05, 4.69) is 4.74 Å². The van der Waals surface area contributed by atoms with Gasteiger partial charge in [0.1, 0.15) is 5.75 Å². The van der Waals surface area contributed by atoms with Crippen molar-refractivity contribution in [3.05, 3.63) is 35.4 Å². The van der Waals surface area contributed by atoms with Crippen molar-refractivity contribution in [2.75, 3.05) is 6.61 Å². The molecule has 0 aliphatic heterocycles. The Hall–Kier alpha value is -1.98. The van der Waals surface area contributed by atoms with Crippen LogP contribution in [-0.4, -0.2) is 17.7 Å². The summed E-state index contributed by atoms with van der Waals surface area (Å²) in [5.74, 6) is -1.21. The van der Waals surface area contributed by atoms with E-state index in [4.69, 9.17) is 5.11 Å². The van der Waals surface area contributed by atoms with Gasteiger partial charge in [-0.15, -0.1) is 0 Å². The molecular formula is C12H11F3O3. The highest BCUT2D eigenvalue weighted by molar-refractivity contribution is 5.87. The zero-order valence-electron chi connectivity index (χ0n) is 9.49. The van der Waals surface area contributed by atoms with Gasteiger partial charge in [0.15, 0.2) is 0 Å². The summed E-state index contributed by atoms with van der Waals surface area (Å²) in [7, 11) is 0. The number of carbonyl (C=O) groups excluding carboxylic acids is 1. The van der Waals surface area contributed by atoms with Crippen LogP contribution in [0.25, 0.3) is 6.08 Å². The lowest BCUT2D eigenvalue weighted by Gasteiger charge is -2.10. The molecule has 98 valence electrons. The SMILES string of the molecule is CCOC(=O)C=Cc1ccc(O)cc1C(F)(F)F. The molecule has 0 aliphatic rings. The van der Waals surface area contributed by atoms with Gasteiger partial charge in [0.2, 0.25) is 0 Å². The van der Waals surface area contributed by atoms with Crippen LogP contribution in [0.15, 0.2) is 24.3 Å². The van der Waals surface area contributed by atoms with Crippen molar-refractivity contribution < 1.29 is 27.8 Å². The number of aromatic hydroxyl groups is 1. The van der Waals surface area contributed by atoms with E-state index in [1.165, 1.54) is 0 Å². The molecular weight excluding hydrogens is 249 g/mol. The Morgan fingerprint density at radius 1 is 1.44 bits per heavy atom. The van der Waals surface area contributed by atoms with Crippen LogP contribution in [0, 0.1) is 0 Å². The van der Waals surface area contributed by atoms with Crippen molar-refractivity contribution in [2.24, 2.45) is 0 Å². The molecule has 1 N–H and O–H groups in total. The molecule has 0 atom stereocenters. The van der Waals surface area contributed by atoms with E-state index in [-0.39, 0.29) is 12.2 Å². The van der Waals surface area contributed by atoms with Gasteiger partial charge in [0.25, 0.3) is 0 Å². The minimum atomic E-state index is -4.60. The first-order valence-corrected chi connectivity index (χ1v) is 5.09. The quantitative estimate of drug-likeness (QED) is 0.671. The molecule has 0 unspecified atom stereocenters. The standard InChI is InChI=1S/C12H11F3O3/c1-2-18-11(17)6-4-8-3-5-9(16)7-10(8)12(13,14)15/h3-7,16H,2H2,1H3. The lowest BCUT2D eigenvalue weighted by molar-refractivity contribution is -0.138. The second kappa shape index (κ2) is 5.57. The van der Waals surface area contributed by atoms with Crippen LogP contribution in [0.4, 0.5) is 13.2 Å². The number of hydrogen-bond acceptors (Lipinski definition) is 3. The molecule has 0 spiro atoms. The fraction of sp³-hybridized carbons (Fsp3) is 0.250. The molecule has 0 aromatic heterocycles. The Morgan fingerprint density at radius 3 is 2.67 bits per heavy atom. The zero-order valence-corrected chi connectivity index (χ0v) is 9.49. The maximum Gasteiger partial charge on any atom is 0.417 e. The minimum Gasteiger partial charge on any atom is -0.508 e. The molecule has 0 amide bonds. The van der Waals surface area contributed by atoms with Gasteiger partial charge in [-0.05, 0) is 30.7 Å². The van der Waals surface area contributed by atoms with Gasteiger partial charge in [-0.1, -0.05) is 6.07 Å². The lowest BCUT2D eigenvalue weighted by Crippen LogP contribution is -2.07. The number of alkyl halides is 3. The summed E-state index contributed by atoms with van der Waals surface area (Å²) in [6, 6.07) is 2.79. The van der Waals surface area contributed by atoms with Crippen molar-refractivity contribution in [2.45, 2.75) is 13.1 Å². The van der Waals surface area contributed by atoms with Crippen LogP contribution in [0.1, 0.15) is 18.1 Å². The Balaban J connectivity index is 3.06. The number of rotatable bonds is 3. The van der Waals surface area contributed by atoms with Crippen LogP contribution < -0.4 is 0 Å². The third-order valence-electron chi connectivity index (χ3n) is 2.03. The lowest BCUT2D eigenvalue weighted by atomic mass is 10.1. The normalized spacial score (nSPS) is 11.8. The topological polar surface area (TPSA) is 46.5 Å². The van der Waals surface area contributed by atoms with Gasteiger partial charge >= 0.3 is 12.1 Å². The van der Waals surface area contributed by atoms with Gasteiger partial charge < -0.3 is 9.84 Å². The van der Waals surface area contributed by atoms with Crippen molar-refractivity contribution in [3.8, 4) is 5.75 Å². The molecule has 18 heavy (non-hydrogen) atoms. The molecule has 0 radical (unpaired) electrons. The van der Waals surface area contributed by atoms with Crippen LogP contribution >= 0.6 is 0 Å². The molecule has 6 heteroatoms. The Kier molecular flexibility index (Phi) is 4.36. The molecule has 0 saturated heterocycles. The smallest absolute Gasteiger partial charge is 0.417 e. The van der Waals surface area contributed by atoms with E-state index in [1.807, 2.05) is 0 Å². The fourth-order valence-electron chi connectivity index (χ4n) is 1.28. The molecule has 3 nitrogen and oxygen atoms in total. The van der Waals surface area contributed by atoms with E-state index < -0.39 is 23.5 Å². The highest BCUT2D eigenvalue weighted by Crippen LogP contribution is 2.34. The number of hydrogen-bond donors (Lipinski definition) is 1. The first-order chi connectivity index (χ1) is 8.34. The Labute approximate surface area is 101 Å². The van der Waals surface area contributed by atoms with E-state index in [9.17, 15) is 18.0 Å². The monoisotopic (exact) mass is 260 g/mol. The van der Waals surface area contributed by atoms with Gasteiger partial charge in [-0.2, -0.15) is 13.2 Å². The largest absolute Gasteiger partial charge is 0.508 e. The van der Waals surface area contributed by atoms with Gasteiger partial charge in [-0.3, -0.25) is 0 Å². The van der Waals surface area contributed by atoms with E-state index in [0.717, 1.165) is 24.3 Å². The molecule has 0 heterocycles.